The lowest BCUT2D eigenvalue weighted by molar-refractivity contribution is -0.144. The molecule has 1 aromatic rings. The highest BCUT2D eigenvalue weighted by Gasteiger charge is 2.43. The monoisotopic (exact) mass is 301 g/mol. The first-order chi connectivity index (χ1) is 9.41. The number of carboxylic acids is 1. The molecule has 0 bridgehead atoms. The van der Waals surface area contributed by atoms with Crippen molar-refractivity contribution >= 4 is 16.0 Å². The molecule has 20 heavy (non-hydrogen) atoms. The van der Waals surface area contributed by atoms with Crippen molar-refractivity contribution in [2.45, 2.75) is 17.4 Å². The van der Waals surface area contributed by atoms with E-state index in [1.807, 2.05) is 0 Å². The number of aliphatic carboxylic acids is 1. The zero-order valence-corrected chi connectivity index (χ0v) is 11.9. The van der Waals surface area contributed by atoms with Gasteiger partial charge in [-0.2, -0.15) is 4.31 Å². The van der Waals surface area contributed by atoms with Crippen LogP contribution in [0.5, 0.6) is 11.5 Å². The molecular formula is C12H15NO6S. The van der Waals surface area contributed by atoms with E-state index >= 15 is 0 Å². The van der Waals surface area contributed by atoms with Gasteiger partial charge >= 0.3 is 5.97 Å². The Kier molecular flexibility index (Phi) is 3.87. The predicted molar refractivity (Wildman–Crippen MR) is 69.5 cm³/mol. The fourth-order valence-electron chi connectivity index (χ4n) is 2.01. The fourth-order valence-corrected chi connectivity index (χ4v) is 3.78. The summed E-state index contributed by atoms with van der Waals surface area (Å²) in [5, 5.41) is 8.97. The Hall–Kier alpha value is -1.80. The van der Waals surface area contributed by atoms with Crippen molar-refractivity contribution in [1.82, 2.24) is 4.31 Å². The first kappa shape index (κ1) is 14.6. The maximum Gasteiger partial charge on any atom is 0.322 e. The van der Waals surface area contributed by atoms with E-state index in [2.05, 4.69) is 0 Å². The summed E-state index contributed by atoms with van der Waals surface area (Å²) in [6.07, 6.45) is 0.313. The maximum absolute atomic E-state index is 12.5. The minimum atomic E-state index is -3.89. The molecule has 1 fully saturated rings. The molecule has 8 heteroatoms. The number of methoxy groups -OCH3 is 2. The van der Waals surface area contributed by atoms with Gasteiger partial charge < -0.3 is 14.6 Å². The lowest BCUT2D eigenvalue weighted by atomic mass is 10.1. The van der Waals surface area contributed by atoms with E-state index in [0.29, 0.717) is 12.2 Å². The maximum atomic E-state index is 12.5. The van der Waals surface area contributed by atoms with Crippen LogP contribution >= 0.6 is 0 Å². The molecule has 0 aliphatic carbocycles. The Morgan fingerprint density at radius 2 is 2.05 bits per heavy atom. The number of hydrogen-bond acceptors (Lipinski definition) is 5. The highest BCUT2D eigenvalue weighted by atomic mass is 32.2. The van der Waals surface area contributed by atoms with E-state index in [9.17, 15) is 13.2 Å². The molecule has 7 nitrogen and oxygen atoms in total. The summed E-state index contributed by atoms with van der Waals surface area (Å²) in [4.78, 5) is 10.9. The van der Waals surface area contributed by atoms with Crippen LogP contribution in [0.4, 0.5) is 0 Å². The molecule has 0 amide bonds. The summed E-state index contributed by atoms with van der Waals surface area (Å²) in [7, 11) is -1.09. The smallest absolute Gasteiger partial charge is 0.322 e. The van der Waals surface area contributed by atoms with Crippen molar-refractivity contribution in [3.05, 3.63) is 18.2 Å². The Labute approximate surface area is 116 Å². The van der Waals surface area contributed by atoms with Crippen molar-refractivity contribution in [2.24, 2.45) is 0 Å². The van der Waals surface area contributed by atoms with Crippen LogP contribution in [0.1, 0.15) is 6.42 Å². The van der Waals surface area contributed by atoms with E-state index < -0.39 is 22.0 Å². The molecule has 2 rings (SSSR count). The summed E-state index contributed by atoms with van der Waals surface area (Å²) in [6.45, 7) is 0.189. The Bertz CT molecular complexity index is 627. The lowest BCUT2D eigenvalue weighted by Gasteiger charge is -2.36. The second-order valence-corrected chi connectivity index (χ2v) is 6.13. The summed E-state index contributed by atoms with van der Waals surface area (Å²) in [5.41, 5.74) is 0. The summed E-state index contributed by atoms with van der Waals surface area (Å²) < 4.78 is 35.9. The third-order valence-corrected chi connectivity index (χ3v) is 5.16. The van der Waals surface area contributed by atoms with Gasteiger partial charge in [0, 0.05) is 12.6 Å². The van der Waals surface area contributed by atoms with Gasteiger partial charge in [0.05, 0.1) is 14.2 Å². The fraction of sp³-hybridized carbons (Fsp3) is 0.417. The lowest BCUT2D eigenvalue weighted by Crippen LogP contribution is -2.54. The van der Waals surface area contributed by atoms with Crippen LogP contribution in [-0.2, 0) is 14.8 Å². The van der Waals surface area contributed by atoms with Crippen LogP contribution in [0.25, 0.3) is 0 Å². The molecule has 110 valence electrons. The van der Waals surface area contributed by atoms with Crippen molar-refractivity contribution in [3.8, 4) is 11.5 Å². The van der Waals surface area contributed by atoms with E-state index in [0.717, 1.165) is 4.31 Å². The number of hydrogen-bond donors (Lipinski definition) is 1. The van der Waals surface area contributed by atoms with Gasteiger partial charge in [0.15, 0.2) is 0 Å². The average Bonchev–Trinajstić information content (AvgIpc) is 2.35. The van der Waals surface area contributed by atoms with Crippen molar-refractivity contribution in [1.29, 1.82) is 0 Å². The minimum Gasteiger partial charge on any atom is -0.497 e. The number of nitrogens with zero attached hydrogens (tertiary/aromatic N) is 1. The zero-order valence-electron chi connectivity index (χ0n) is 11.1. The van der Waals surface area contributed by atoms with Gasteiger partial charge in [-0.3, -0.25) is 4.79 Å². The minimum absolute atomic E-state index is 0.0632. The first-order valence-electron chi connectivity index (χ1n) is 5.88. The molecule has 1 heterocycles. The number of carboxylic acid groups (broad SMARTS) is 1. The second kappa shape index (κ2) is 5.29. The van der Waals surface area contributed by atoms with Crippen molar-refractivity contribution in [3.63, 3.8) is 0 Å². The Balaban J connectivity index is 2.42. The van der Waals surface area contributed by atoms with Gasteiger partial charge in [-0.25, -0.2) is 8.42 Å². The van der Waals surface area contributed by atoms with E-state index in [-0.39, 0.29) is 17.2 Å². The number of rotatable bonds is 5. The van der Waals surface area contributed by atoms with E-state index in [1.54, 1.807) is 0 Å². The number of ether oxygens (including phenoxy) is 2. The molecule has 1 N–H and O–H groups in total. The van der Waals surface area contributed by atoms with E-state index in [1.165, 1.54) is 32.4 Å². The Morgan fingerprint density at radius 1 is 1.35 bits per heavy atom. The molecule has 1 saturated heterocycles. The van der Waals surface area contributed by atoms with Gasteiger partial charge in [-0.15, -0.1) is 0 Å². The zero-order chi connectivity index (χ0) is 14.9. The molecule has 0 saturated carbocycles. The largest absolute Gasteiger partial charge is 0.497 e. The number of carbonyl (C=O) groups is 1. The average molecular weight is 301 g/mol. The van der Waals surface area contributed by atoms with Crippen molar-refractivity contribution < 1.29 is 27.8 Å². The van der Waals surface area contributed by atoms with Crippen LogP contribution in [0, 0.1) is 0 Å². The van der Waals surface area contributed by atoms with Crippen LogP contribution in [0.15, 0.2) is 23.1 Å². The molecule has 1 aromatic carbocycles. The van der Waals surface area contributed by atoms with E-state index in [4.69, 9.17) is 14.6 Å². The molecule has 1 unspecified atom stereocenters. The van der Waals surface area contributed by atoms with Crippen LogP contribution in [0.2, 0.25) is 0 Å². The van der Waals surface area contributed by atoms with Crippen molar-refractivity contribution in [2.75, 3.05) is 20.8 Å². The summed E-state index contributed by atoms with van der Waals surface area (Å²) in [6, 6.07) is 3.28. The topological polar surface area (TPSA) is 93.1 Å². The van der Waals surface area contributed by atoms with Crippen LogP contribution < -0.4 is 9.47 Å². The van der Waals surface area contributed by atoms with Gasteiger partial charge in [0.25, 0.3) is 0 Å². The molecule has 1 aliphatic rings. The van der Waals surface area contributed by atoms with Gasteiger partial charge in [0.1, 0.15) is 22.4 Å². The third-order valence-electron chi connectivity index (χ3n) is 3.21. The summed E-state index contributed by atoms with van der Waals surface area (Å²) >= 11 is 0. The third kappa shape index (κ3) is 2.32. The standard InChI is InChI=1S/C12H15NO6S/c1-18-8-3-4-11(10(7-8)19-2)20(16,17)13-6-5-9(13)12(14)15/h3-4,7,9H,5-6H2,1-2H3,(H,14,15). The second-order valence-electron chi connectivity index (χ2n) is 4.28. The molecule has 0 aromatic heterocycles. The molecular weight excluding hydrogens is 286 g/mol. The Morgan fingerprint density at radius 3 is 2.50 bits per heavy atom. The normalized spacial score (nSPS) is 19.2. The SMILES string of the molecule is COc1ccc(S(=O)(=O)N2CCC2C(=O)O)c(OC)c1. The summed E-state index contributed by atoms with van der Waals surface area (Å²) in [5.74, 6) is -0.563. The number of sulfonamides is 1. The quantitative estimate of drug-likeness (QED) is 0.853. The van der Waals surface area contributed by atoms with Gasteiger partial charge in [-0.1, -0.05) is 0 Å². The van der Waals surface area contributed by atoms with Gasteiger partial charge in [-0.05, 0) is 18.6 Å². The highest BCUT2D eigenvalue weighted by molar-refractivity contribution is 7.89. The van der Waals surface area contributed by atoms with Crippen LogP contribution in [0.3, 0.4) is 0 Å². The van der Waals surface area contributed by atoms with Gasteiger partial charge in [0.2, 0.25) is 10.0 Å². The molecule has 0 spiro atoms. The molecule has 1 atom stereocenters. The predicted octanol–water partition coefficient (Wildman–Crippen LogP) is 0.551. The number of benzene rings is 1. The first-order valence-corrected chi connectivity index (χ1v) is 7.32. The van der Waals surface area contributed by atoms with Crippen LogP contribution in [-0.4, -0.2) is 50.6 Å². The molecule has 1 aliphatic heterocycles. The molecule has 0 radical (unpaired) electrons. The highest BCUT2D eigenvalue weighted by Crippen LogP contribution is 2.34.